The van der Waals surface area contributed by atoms with Crippen LogP contribution in [0.15, 0.2) is 51.7 Å². The van der Waals surface area contributed by atoms with Crippen LogP contribution in [0, 0.1) is 11.6 Å². The number of benzene rings is 2. The SMILES string of the molecule is CC(=O)Nc1ccc(C(=O)Cn2nc(-c3ccc(F)cc3)oc2=O)c(F)c1. The van der Waals surface area contributed by atoms with E-state index in [-0.39, 0.29) is 23.0 Å². The number of nitrogens with one attached hydrogen (secondary N) is 1. The van der Waals surface area contributed by atoms with Gasteiger partial charge in [-0.05, 0) is 42.5 Å². The second-order valence-corrected chi connectivity index (χ2v) is 5.64. The Bertz CT molecular complexity index is 1070. The summed E-state index contributed by atoms with van der Waals surface area (Å²) < 4.78 is 32.8. The minimum Gasteiger partial charge on any atom is -0.388 e. The number of Topliss-reactive ketones (excluding diaryl/α,β-unsaturated/α-hetero) is 1. The maximum atomic E-state index is 14.1. The summed E-state index contributed by atoms with van der Waals surface area (Å²) in [6.45, 7) is 0.729. The summed E-state index contributed by atoms with van der Waals surface area (Å²) >= 11 is 0. The van der Waals surface area contributed by atoms with E-state index in [4.69, 9.17) is 4.42 Å². The lowest BCUT2D eigenvalue weighted by atomic mass is 10.1. The van der Waals surface area contributed by atoms with Crippen LogP contribution >= 0.6 is 0 Å². The summed E-state index contributed by atoms with van der Waals surface area (Å²) in [6, 6.07) is 8.66. The molecule has 0 saturated heterocycles. The number of carbonyl (C=O) groups excluding carboxylic acids is 2. The van der Waals surface area contributed by atoms with Crippen LogP contribution in [0.2, 0.25) is 0 Å². The third-order valence-electron chi connectivity index (χ3n) is 3.58. The third-order valence-corrected chi connectivity index (χ3v) is 3.58. The van der Waals surface area contributed by atoms with E-state index in [1.54, 1.807) is 0 Å². The summed E-state index contributed by atoms with van der Waals surface area (Å²) in [5, 5.41) is 6.27. The van der Waals surface area contributed by atoms with Crippen molar-refractivity contribution in [1.82, 2.24) is 9.78 Å². The molecule has 7 nitrogen and oxygen atoms in total. The molecule has 2 aromatic carbocycles. The third kappa shape index (κ3) is 4.14. The number of hydrogen-bond acceptors (Lipinski definition) is 5. The number of ketones is 1. The Morgan fingerprint density at radius 1 is 1.15 bits per heavy atom. The lowest BCUT2D eigenvalue weighted by molar-refractivity contribution is -0.114. The molecule has 1 amide bonds. The Morgan fingerprint density at radius 2 is 1.85 bits per heavy atom. The van der Waals surface area contributed by atoms with Crippen molar-refractivity contribution >= 4 is 17.4 Å². The van der Waals surface area contributed by atoms with Crippen molar-refractivity contribution in [2.45, 2.75) is 13.5 Å². The van der Waals surface area contributed by atoms with Crippen molar-refractivity contribution in [2.75, 3.05) is 5.32 Å². The highest BCUT2D eigenvalue weighted by atomic mass is 19.1. The van der Waals surface area contributed by atoms with Gasteiger partial charge in [-0.1, -0.05) is 0 Å². The first kappa shape index (κ1) is 18.2. The number of halogens is 2. The number of carbonyl (C=O) groups is 2. The standard InChI is InChI=1S/C18H13F2N3O4/c1-10(24)21-13-6-7-14(15(20)8-13)16(25)9-23-18(26)27-17(22-23)11-2-4-12(19)5-3-11/h2-8H,9H2,1H3,(H,21,24). The molecule has 3 rings (SSSR count). The molecule has 0 unspecified atom stereocenters. The molecule has 0 fully saturated rings. The van der Waals surface area contributed by atoms with Crippen LogP contribution in [0.25, 0.3) is 11.5 Å². The normalized spacial score (nSPS) is 10.6. The highest BCUT2D eigenvalue weighted by Crippen LogP contribution is 2.17. The lowest BCUT2D eigenvalue weighted by Gasteiger charge is -2.05. The van der Waals surface area contributed by atoms with Crippen LogP contribution in [0.1, 0.15) is 17.3 Å². The second kappa shape index (κ2) is 7.32. The van der Waals surface area contributed by atoms with Crippen LogP contribution in [0.5, 0.6) is 0 Å². The number of nitrogens with zero attached hydrogens (tertiary/aromatic N) is 2. The monoisotopic (exact) mass is 373 g/mol. The van der Waals surface area contributed by atoms with E-state index in [2.05, 4.69) is 10.4 Å². The lowest BCUT2D eigenvalue weighted by Crippen LogP contribution is -2.22. The van der Waals surface area contributed by atoms with Crippen molar-refractivity contribution in [1.29, 1.82) is 0 Å². The summed E-state index contributed by atoms with van der Waals surface area (Å²) in [7, 11) is 0. The molecule has 3 aromatic rings. The molecule has 0 atom stereocenters. The van der Waals surface area contributed by atoms with E-state index >= 15 is 0 Å². The Labute approximate surface area is 151 Å². The summed E-state index contributed by atoms with van der Waals surface area (Å²) in [5.74, 6) is -3.39. The molecule has 0 spiro atoms. The topological polar surface area (TPSA) is 94.2 Å². The fourth-order valence-corrected chi connectivity index (χ4v) is 2.36. The molecule has 0 saturated carbocycles. The highest BCUT2D eigenvalue weighted by molar-refractivity contribution is 5.97. The first-order chi connectivity index (χ1) is 12.8. The Morgan fingerprint density at radius 3 is 2.48 bits per heavy atom. The van der Waals surface area contributed by atoms with E-state index in [0.29, 0.717) is 5.56 Å². The van der Waals surface area contributed by atoms with E-state index in [1.165, 1.54) is 43.3 Å². The molecule has 1 aromatic heterocycles. The van der Waals surface area contributed by atoms with Crippen LogP contribution in [-0.4, -0.2) is 21.5 Å². The average molecular weight is 373 g/mol. The predicted octanol–water partition coefficient (Wildman–Crippen LogP) is 2.62. The quantitative estimate of drug-likeness (QED) is 0.694. The molecule has 0 bridgehead atoms. The molecule has 1 N–H and O–H groups in total. The van der Waals surface area contributed by atoms with Gasteiger partial charge in [0.1, 0.15) is 18.2 Å². The van der Waals surface area contributed by atoms with Gasteiger partial charge in [0.25, 0.3) is 0 Å². The van der Waals surface area contributed by atoms with E-state index in [0.717, 1.165) is 10.7 Å². The first-order valence-corrected chi connectivity index (χ1v) is 7.77. The van der Waals surface area contributed by atoms with Gasteiger partial charge in [-0.2, -0.15) is 4.68 Å². The molecule has 0 aliphatic rings. The molecule has 27 heavy (non-hydrogen) atoms. The maximum Gasteiger partial charge on any atom is 0.437 e. The summed E-state index contributed by atoms with van der Waals surface area (Å²) in [4.78, 5) is 35.1. The number of hydrogen-bond donors (Lipinski definition) is 1. The summed E-state index contributed by atoms with van der Waals surface area (Å²) in [5.41, 5.74) is 0.293. The molecule has 9 heteroatoms. The molecule has 1 heterocycles. The molecular formula is C18H13F2N3O4. The summed E-state index contributed by atoms with van der Waals surface area (Å²) in [6.07, 6.45) is 0. The van der Waals surface area contributed by atoms with Crippen molar-refractivity contribution in [3.8, 4) is 11.5 Å². The van der Waals surface area contributed by atoms with E-state index in [9.17, 15) is 23.2 Å². The van der Waals surface area contributed by atoms with Crippen LogP contribution < -0.4 is 11.1 Å². The fourth-order valence-electron chi connectivity index (χ4n) is 2.36. The Kier molecular flexibility index (Phi) is 4.93. The van der Waals surface area contributed by atoms with Gasteiger partial charge >= 0.3 is 5.76 Å². The van der Waals surface area contributed by atoms with Gasteiger partial charge in [0.15, 0.2) is 5.78 Å². The predicted molar refractivity (Wildman–Crippen MR) is 91.2 cm³/mol. The van der Waals surface area contributed by atoms with Gasteiger partial charge in [0, 0.05) is 18.2 Å². The van der Waals surface area contributed by atoms with E-state index < -0.39 is 29.7 Å². The van der Waals surface area contributed by atoms with E-state index in [1.807, 2.05) is 0 Å². The van der Waals surface area contributed by atoms with Gasteiger partial charge in [-0.25, -0.2) is 13.6 Å². The largest absolute Gasteiger partial charge is 0.437 e. The number of rotatable bonds is 5. The van der Waals surface area contributed by atoms with Gasteiger partial charge in [-0.15, -0.1) is 5.10 Å². The molecular weight excluding hydrogens is 360 g/mol. The van der Waals surface area contributed by atoms with Crippen LogP contribution in [0.4, 0.5) is 14.5 Å². The van der Waals surface area contributed by atoms with Crippen molar-refractivity contribution in [2.24, 2.45) is 0 Å². The van der Waals surface area contributed by atoms with Gasteiger partial charge in [0.2, 0.25) is 11.8 Å². The van der Waals surface area contributed by atoms with Gasteiger partial charge in [-0.3, -0.25) is 9.59 Å². The van der Waals surface area contributed by atoms with Crippen LogP contribution in [-0.2, 0) is 11.3 Å². The molecule has 0 aliphatic heterocycles. The first-order valence-electron chi connectivity index (χ1n) is 7.77. The van der Waals surface area contributed by atoms with Crippen LogP contribution in [0.3, 0.4) is 0 Å². The molecule has 0 radical (unpaired) electrons. The highest BCUT2D eigenvalue weighted by Gasteiger charge is 2.17. The number of aromatic nitrogens is 2. The van der Waals surface area contributed by atoms with Gasteiger partial charge < -0.3 is 9.73 Å². The molecule has 0 aliphatic carbocycles. The van der Waals surface area contributed by atoms with Crippen molar-refractivity contribution in [3.05, 3.63) is 70.2 Å². The second-order valence-electron chi connectivity index (χ2n) is 5.64. The van der Waals surface area contributed by atoms with Crippen molar-refractivity contribution < 1.29 is 22.8 Å². The zero-order valence-corrected chi connectivity index (χ0v) is 14.0. The van der Waals surface area contributed by atoms with Gasteiger partial charge in [0.05, 0.1) is 5.56 Å². The number of amides is 1. The zero-order valence-electron chi connectivity index (χ0n) is 14.0. The zero-order chi connectivity index (χ0) is 19.6. The maximum absolute atomic E-state index is 14.1. The average Bonchev–Trinajstić information content (AvgIpc) is 2.95. The smallest absolute Gasteiger partial charge is 0.388 e. The van der Waals surface area contributed by atoms with Crippen molar-refractivity contribution in [3.63, 3.8) is 0 Å². The minimum atomic E-state index is -0.905. The Hall–Kier alpha value is -3.62. The molecule has 138 valence electrons. The Balaban J connectivity index is 1.81. The minimum absolute atomic E-state index is 0.0886. The fraction of sp³-hybridized carbons (Fsp3) is 0.111. The number of anilines is 1.